The van der Waals surface area contributed by atoms with Crippen molar-refractivity contribution in [3.05, 3.63) is 60.7 Å². The molecule has 1 aliphatic rings. The van der Waals surface area contributed by atoms with Crippen LogP contribution in [0.3, 0.4) is 0 Å². The summed E-state index contributed by atoms with van der Waals surface area (Å²) in [6.07, 6.45) is 7.39. The molecule has 5 rings (SSSR count). The molecule has 1 aliphatic heterocycles. The first-order valence-electron chi connectivity index (χ1n) is 11.9. The second kappa shape index (κ2) is 10.7. The molecule has 0 unspecified atom stereocenters. The van der Waals surface area contributed by atoms with Crippen molar-refractivity contribution in [1.29, 1.82) is 0 Å². The summed E-state index contributed by atoms with van der Waals surface area (Å²) in [4.78, 5) is 26.7. The van der Waals surface area contributed by atoms with Gasteiger partial charge in [-0.25, -0.2) is 4.98 Å². The summed E-state index contributed by atoms with van der Waals surface area (Å²) >= 11 is 0. The van der Waals surface area contributed by atoms with Gasteiger partial charge in [-0.1, -0.05) is 6.07 Å². The zero-order valence-corrected chi connectivity index (χ0v) is 19.8. The zero-order valence-electron chi connectivity index (χ0n) is 19.8. The van der Waals surface area contributed by atoms with Crippen LogP contribution >= 0.6 is 0 Å². The van der Waals surface area contributed by atoms with Crippen molar-refractivity contribution in [1.82, 2.24) is 24.4 Å². The molecular formula is C26H29N5O4. The molecule has 35 heavy (non-hydrogen) atoms. The molecule has 182 valence electrons. The van der Waals surface area contributed by atoms with Gasteiger partial charge in [0.1, 0.15) is 18.1 Å². The fraction of sp³-hybridized carbons (Fsp3) is 0.346. The maximum Gasteiger partial charge on any atom is 0.310 e. The summed E-state index contributed by atoms with van der Waals surface area (Å²) in [5.41, 5.74) is 3.42. The lowest BCUT2D eigenvalue weighted by Crippen LogP contribution is -2.38. The summed E-state index contributed by atoms with van der Waals surface area (Å²) in [7, 11) is 0. The summed E-state index contributed by atoms with van der Waals surface area (Å²) < 4.78 is 18.4. The van der Waals surface area contributed by atoms with Gasteiger partial charge in [-0.05, 0) is 36.8 Å². The van der Waals surface area contributed by atoms with E-state index in [0.29, 0.717) is 19.0 Å². The maximum absolute atomic E-state index is 11.8. The lowest BCUT2D eigenvalue weighted by molar-refractivity contribution is -0.142. The van der Waals surface area contributed by atoms with Crippen molar-refractivity contribution in [2.45, 2.75) is 13.3 Å². The topological polar surface area (TPSA) is 94.5 Å². The minimum Gasteiger partial charge on any atom is -0.492 e. The van der Waals surface area contributed by atoms with Gasteiger partial charge in [0.25, 0.3) is 0 Å². The maximum atomic E-state index is 11.8. The fourth-order valence-corrected chi connectivity index (χ4v) is 4.18. The predicted octanol–water partition coefficient (Wildman–Crippen LogP) is 3.23. The Hall–Kier alpha value is -3.69. The van der Waals surface area contributed by atoms with Crippen molar-refractivity contribution in [3.8, 4) is 23.0 Å². The number of rotatable bonds is 9. The minimum atomic E-state index is -0.244. The van der Waals surface area contributed by atoms with Crippen LogP contribution in [0.4, 0.5) is 0 Å². The van der Waals surface area contributed by atoms with Crippen LogP contribution in [-0.4, -0.2) is 76.5 Å². The average molecular weight is 476 g/mol. The number of nitrogens with zero attached hydrogens (tertiary/aromatic N) is 4. The Morgan fingerprint density at radius 1 is 1.20 bits per heavy atom. The van der Waals surface area contributed by atoms with Crippen LogP contribution in [0.25, 0.3) is 28.1 Å². The Kier molecular flexibility index (Phi) is 7.06. The molecule has 0 amide bonds. The molecule has 0 aliphatic carbocycles. The number of fused-ring (bicyclic) bond motifs is 1. The van der Waals surface area contributed by atoms with Crippen LogP contribution in [0.5, 0.6) is 5.75 Å². The van der Waals surface area contributed by atoms with E-state index in [0.717, 1.165) is 66.5 Å². The van der Waals surface area contributed by atoms with Gasteiger partial charge < -0.3 is 23.8 Å². The molecule has 1 saturated heterocycles. The minimum absolute atomic E-state index is 0.226. The largest absolute Gasteiger partial charge is 0.492 e. The van der Waals surface area contributed by atoms with Gasteiger partial charge in [-0.3, -0.25) is 14.7 Å². The molecule has 0 saturated carbocycles. The Morgan fingerprint density at radius 2 is 2.09 bits per heavy atom. The lowest BCUT2D eigenvalue weighted by atomic mass is 10.2. The third-order valence-corrected chi connectivity index (χ3v) is 5.96. The second-order valence-corrected chi connectivity index (χ2v) is 8.37. The second-order valence-electron chi connectivity index (χ2n) is 8.37. The van der Waals surface area contributed by atoms with E-state index in [2.05, 4.69) is 20.9 Å². The number of carbonyl (C=O) groups excluding carboxylic acids is 1. The standard InChI is InChI=1S/C26H29N5O4/c1-2-34-26(32)14-19-6-7-31(18-19)25-17-27-16-23(29-25)22-15-20-21(28-22)4-3-5-24(20)35-13-10-30-8-11-33-12-9-30/h3-7,15-18,28H,2,8-14H2,1H3. The Labute approximate surface area is 203 Å². The molecule has 0 atom stereocenters. The van der Waals surface area contributed by atoms with Gasteiger partial charge in [-0.15, -0.1) is 0 Å². The highest BCUT2D eigenvalue weighted by Crippen LogP contribution is 2.30. The summed E-state index contributed by atoms with van der Waals surface area (Å²) in [6.45, 7) is 7.13. The molecule has 9 heteroatoms. The Morgan fingerprint density at radius 3 is 2.94 bits per heavy atom. The third-order valence-electron chi connectivity index (χ3n) is 5.96. The molecule has 4 heterocycles. The lowest BCUT2D eigenvalue weighted by Gasteiger charge is -2.26. The van der Waals surface area contributed by atoms with Crippen LogP contribution in [0, 0.1) is 0 Å². The van der Waals surface area contributed by atoms with E-state index < -0.39 is 0 Å². The quantitative estimate of drug-likeness (QED) is 0.372. The van der Waals surface area contributed by atoms with Crippen LogP contribution < -0.4 is 4.74 Å². The number of aromatic nitrogens is 4. The normalized spacial score (nSPS) is 14.3. The van der Waals surface area contributed by atoms with Crippen LogP contribution in [-0.2, 0) is 20.7 Å². The number of ether oxygens (including phenoxy) is 3. The number of aromatic amines is 1. The van der Waals surface area contributed by atoms with E-state index in [1.54, 1.807) is 19.3 Å². The molecule has 0 bridgehead atoms. The summed E-state index contributed by atoms with van der Waals surface area (Å²) in [5, 5.41) is 1.01. The number of benzene rings is 1. The van der Waals surface area contributed by atoms with Crippen molar-refractivity contribution in [3.63, 3.8) is 0 Å². The van der Waals surface area contributed by atoms with E-state index in [1.807, 2.05) is 41.2 Å². The van der Waals surface area contributed by atoms with Crippen molar-refractivity contribution in [2.24, 2.45) is 0 Å². The van der Waals surface area contributed by atoms with Crippen LogP contribution in [0.15, 0.2) is 55.1 Å². The zero-order chi connectivity index (χ0) is 24.0. The summed E-state index contributed by atoms with van der Waals surface area (Å²) in [6, 6.07) is 9.94. The van der Waals surface area contributed by atoms with Crippen molar-refractivity contribution < 1.29 is 19.0 Å². The van der Waals surface area contributed by atoms with E-state index in [1.165, 1.54) is 0 Å². The van der Waals surface area contributed by atoms with Gasteiger partial charge >= 0.3 is 5.97 Å². The molecule has 4 aromatic rings. The predicted molar refractivity (Wildman–Crippen MR) is 132 cm³/mol. The molecule has 0 radical (unpaired) electrons. The SMILES string of the molecule is CCOC(=O)Cc1ccn(-c2cncc(-c3cc4c(OCCN5CCOCC5)cccc4[nH]3)n2)c1. The van der Waals surface area contributed by atoms with E-state index in [4.69, 9.17) is 19.2 Å². The monoisotopic (exact) mass is 475 g/mol. The fourth-order valence-electron chi connectivity index (χ4n) is 4.18. The number of H-pyrrole nitrogens is 1. The molecule has 1 aromatic carbocycles. The highest BCUT2D eigenvalue weighted by Gasteiger charge is 2.13. The highest BCUT2D eigenvalue weighted by atomic mass is 16.5. The molecule has 3 aromatic heterocycles. The smallest absolute Gasteiger partial charge is 0.310 e. The van der Waals surface area contributed by atoms with Gasteiger partial charge in [0.15, 0.2) is 5.82 Å². The van der Waals surface area contributed by atoms with Crippen LogP contribution in [0.1, 0.15) is 12.5 Å². The highest BCUT2D eigenvalue weighted by molar-refractivity contribution is 5.90. The van der Waals surface area contributed by atoms with E-state index in [-0.39, 0.29) is 12.4 Å². The number of esters is 1. The van der Waals surface area contributed by atoms with Crippen LogP contribution in [0.2, 0.25) is 0 Å². The molecule has 0 spiro atoms. The Bertz CT molecular complexity index is 1290. The van der Waals surface area contributed by atoms with Crippen molar-refractivity contribution in [2.75, 3.05) is 46.1 Å². The number of carbonyl (C=O) groups is 1. The molecule has 9 nitrogen and oxygen atoms in total. The average Bonchev–Trinajstić information content (AvgIpc) is 3.53. The van der Waals surface area contributed by atoms with Gasteiger partial charge in [-0.2, -0.15) is 0 Å². The number of nitrogens with one attached hydrogen (secondary N) is 1. The molecule has 1 N–H and O–H groups in total. The third kappa shape index (κ3) is 5.52. The number of hydrogen-bond acceptors (Lipinski definition) is 7. The molecular weight excluding hydrogens is 446 g/mol. The molecule has 1 fully saturated rings. The van der Waals surface area contributed by atoms with E-state index in [9.17, 15) is 4.79 Å². The van der Waals surface area contributed by atoms with Gasteiger partial charge in [0.2, 0.25) is 0 Å². The first kappa shape index (κ1) is 23.1. The first-order chi connectivity index (χ1) is 17.2. The van der Waals surface area contributed by atoms with E-state index >= 15 is 0 Å². The number of hydrogen-bond donors (Lipinski definition) is 1. The van der Waals surface area contributed by atoms with Gasteiger partial charge in [0, 0.05) is 42.9 Å². The summed E-state index contributed by atoms with van der Waals surface area (Å²) in [5.74, 6) is 1.26. The first-order valence-corrected chi connectivity index (χ1v) is 11.9. The van der Waals surface area contributed by atoms with Gasteiger partial charge in [0.05, 0.1) is 44.3 Å². The van der Waals surface area contributed by atoms with Crippen molar-refractivity contribution >= 4 is 16.9 Å². The number of morpholine rings is 1. The Balaban J connectivity index is 1.31.